The highest BCUT2D eigenvalue weighted by atomic mass is 16.5. The molecule has 0 bridgehead atoms. The van der Waals surface area contributed by atoms with E-state index in [1.54, 1.807) is 4.90 Å². The number of hydrogen-bond donors (Lipinski definition) is 2. The van der Waals surface area contributed by atoms with Gasteiger partial charge in [0, 0.05) is 30.5 Å². The van der Waals surface area contributed by atoms with E-state index in [2.05, 4.69) is 29.6 Å². The zero-order valence-electron chi connectivity index (χ0n) is 20.4. The molecule has 2 N–H and O–H groups in total. The van der Waals surface area contributed by atoms with Gasteiger partial charge in [-0.05, 0) is 55.4 Å². The third-order valence-electron chi connectivity index (χ3n) is 7.16. The number of fused-ring (bicyclic) bond motifs is 3. The molecule has 7 heteroatoms. The molecule has 2 aromatic rings. The molecule has 0 saturated heterocycles. The summed E-state index contributed by atoms with van der Waals surface area (Å²) in [7, 11) is 0. The fourth-order valence-corrected chi connectivity index (χ4v) is 5.43. The topological polar surface area (TPSA) is 95.9 Å². The summed E-state index contributed by atoms with van der Waals surface area (Å²) in [6, 6.07) is 16.2. The summed E-state index contributed by atoms with van der Waals surface area (Å²) >= 11 is 0. The predicted molar refractivity (Wildman–Crippen MR) is 133 cm³/mol. The summed E-state index contributed by atoms with van der Waals surface area (Å²) in [4.78, 5) is 38.4. The van der Waals surface area contributed by atoms with Crippen LogP contribution in [0.2, 0.25) is 0 Å². The van der Waals surface area contributed by atoms with Gasteiger partial charge in [-0.25, -0.2) is 4.79 Å². The van der Waals surface area contributed by atoms with E-state index in [0.717, 1.165) is 19.3 Å². The van der Waals surface area contributed by atoms with Gasteiger partial charge in [-0.3, -0.25) is 9.59 Å². The number of nitrogens with zero attached hydrogens (tertiary/aromatic N) is 1. The van der Waals surface area contributed by atoms with Gasteiger partial charge in [0.2, 0.25) is 5.91 Å². The second-order valence-electron chi connectivity index (χ2n) is 9.80. The smallest absolute Gasteiger partial charge is 0.407 e. The third-order valence-corrected chi connectivity index (χ3v) is 7.16. The van der Waals surface area contributed by atoms with E-state index >= 15 is 0 Å². The first-order chi connectivity index (χ1) is 16.8. The second-order valence-corrected chi connectivity index (χ2v) is 9.80. The first-order valence-electron chi connectivity index (χ1n) is 12.5. The van der Waals surface area contributed by atoms with Gasteiger partial charge in [-0.1, -0.05) is 55.0 Å². The van der Waals surface area contributed by atoms with Crippen LogP contribution in [0.15, 0.2) is 48.5 Å². The quantitative estimate of drug-likeness (QED) is 0.568. The van der Waals surface area contributed by atoms with Crippen LogP contribution in [-0.4, -0.2) is 53.2 Å². The number of amides is 2. The van der Waals surface area contributed by atoms with Crippen molar-refractivity contribution in [3.63, 3.8) is 0 Å². The van der Waals surface area contributed by atoms with Crippen LogP contribution in [0.5, 0.6) is 0 Å². The van der Waals surface area contributed by atoms with Crippen molar-refractivity contribution in [2.75, 3.05) is 13.2 Å². The van der Waals surface area contributed by atoms with E-state index in [0.29, 0.717) is 6.42 Å². The lowest BCUT2D eigenvalue weighted by Crippen LogP contribution is -2.46. The van der Waals surface area contributed by atoms with Gasteiger partial charge >= 0.3 is 12.1 Å². The van der Waals surface area contributed by atoms with Gasteiger partial charge in [0.05, 0.1) is 6.42 Å². The van der Waals surface area contributed by atoms with Crippen LogP contribution < -0.4 is 5.32 Å². The fraction of sp³-hybridized carbons (Fsp3) is 0.464. The van der Waals surface area contributed by atoms with Gasteiger partial charge in [0.15, 0.2) is 0 Å². The summed E-state index contributed by atoms with van der Waals surface area (Å²) in [5.41, 5.74) is 4.70. The number of aliphatic carboxylic acids is 1. The standard InChI is InChI=1S/C28H34N2O5/c1-18(2)30(15-14-26(31)32)27(33)19-8-7-9-20(16-19)29-28(34)35-17-25-23-12-5-3-10-21(23)22-11-4-6-13-24(22)25/h3-6,10-13,18-20,25H,7-9,14-17H2,1-2H3,(H,29,34)(H,31,32). The molecule has 0 heterocycles. The van der Waals surface area contributed by atoms with Crippen molar-refractivity contribution >= 4 is 18.0 Å². The summed E-state index contributed by atoms with van der Waals surface area (Å²) in [5, 5.41) is 12.0. The van der Waals surface area contributed by atoms with E-state index in [4.69, 9.17) is 9.84 Å². The van der Waals surface area contributed by atoms with Crippen LogP contribution in [0, 0.1) is 5.92 Å². The SMILES string of the molecule is CC(C)N(CCC(=O)O)C(=O)C1CCCC(NC(=O)OCC2c3ccccc3-c3ccccc32)C1. The number of carbonyl (C=O) groups is 3. The fourth-order valence-electron chi connectivity index (χ4n) is 5.43. The highest BCUT2D eigenvalue weighted by Crippen LogP contribution is 2.44. The highest BCUT2D eigenvalue weighted by Gasteiger charge is 2.33. The molecule has 0 aliphatic heterocycles. The Morgan fingerprint density at radius 1 is 1.03 bits per heavy atom. The molecule has 2 aliphatic rings. The van der Waals surface area contributed by atoms with Crippen molar-refractivity contribution in [2.45, 2.75) is 64.0 Å². The molecule has 4 rings (SSSR count). The van der Waals surface area contributed by atoms with Crippen molar-refractivity contribution in [3.8, 4) is 11.1 Å². The molecule has 0 aromatic heterocycles. The number of alkyl carbamates (subject to hydrolysis) is 1. The highest BCUT2D eigenvalue weighted by molar-refractivity contribution is 5.80. The van der Waals surface area contributed by atoms with Crippen molar-refractivity contribution in [1.29, 1.82) is 0 Å². The Balaban J connectivity index is 1.33. The van der Waals surface area contributed by atoms with Crippen LogP contribution in [0.1, 0.15) is 63.0 Å². The van der Waals surface area contributed by atoms with E-state index < -0.39 is 12.1 Å². The van der Waals surface area contributed by atoms with Crippen molar-refractivity contribution in [2.24, 2.45) is 5.92 Å². The summed E-state index contributed by atoms with van der Waals surface area (Å²) in [6.07, 6.45) is 2.38. The first-order valence-corrected chi connectivity index (χ1v) is 12.5. The Labute approximate surface area is 206 Å². The zero-order chi connectivity index (χ0) is 24.9. The van der Waals surface area contributed by atoms with Crippen LogP contribution in [0.25, 0.3) is 11.1 Å². The normalized spacial score (nSPS) is 19.1. The number of ether oxygens (including phenoxy) is 1. The minimum Gasteiger partial charge on any atom is -0.481 e. The maximum absolute atomic E-state index is 13.1. The Morgan fingerprint density at radius 2 is 1.66 bits per heavy atom. The summed E-state index contributed by atoms with van der Waals surface area (Å²) in [6.45, 7) is 4.25. The minimum atomic E-state index is -0.915. The Hall–Kier alpha value is -3.35. The second kappa shape index (κ2) is 10.9. The monoisotopic (exact) mass is 478 g/mol. The molecule has 2 amide bonds. The first kappa shape index (κ1) is 24.8. The molecular formula is C28H34N2O5. The molecular weight excluding hydrogens is 444 g/mol. The number of nitrogens with one attached hydrogen (secondary N) is 1. The van der Waals surface area contributed by atoms with E-state index in [1.165, 1.54) is 22.3 Å². The molecule has 2 aliphatic carbocycles. The van der Waals surface area contributed by atoms with Crippen molar-refractivity contribution < 1.29 is 24.2 Å². The average Bonchev–Trinajstić information content (AvgIpc) is 3.16. The molecule has 7 nitrogen and oxygen atoms in total. The predicted octanol–water partition coefficient (Wildman–Crippen LogP) is 4.80. The molecule has 35 heavy (non-hydrogen) atoms. The lowest BCUT2D eigenvalue weighted by Gasteiger charge is -2.34. The molecule has 1 fully saturated rings. The molecule has 2 aromatic carbocycles. The number of carboxylic acid groups (broad SMARTS) is 1. The van der Waals surface area contributed by atoms with Gasteiger partial charge in [-0.15, -0.1) is 0 Å². The lowest BCUT2D eigenvalue weighted by atomic mass is 9.84. The Morgan fingerprint density at radius 3 is 2.26 bits per heavy atom. The molecule has 0 radical (unpaired) electrons. The summed E-state index contributed by atoms with van der Waals surface area (Å²) in [5.74, 6) is -1.16. The van der Waals surface area contributed by atoms with E-state index in [9.17, 15) is 14.4 Å². The minimum absolute atomic E-state index is 0.00247. The number of hydrogen-bond acceptors (Lipinski definition) is 4. The third kappa shape index (κ3) is 5.66. The molecule has 2 atom stereocenters. The van der Waals surface area contributed by atoms with Crippen LogP contribution in [0.3, 0.4) is 0 Å². The molecule has 0 spiro atoms. The van der Waals surface area contributed by atoms with Crippen molar-refractivity contribution in [3.05, 3.63) is 59.7 Å². The van der Waals surface area contributed by atoms with Crippen LogP contribution >= 0.6 is 0 Å². The zero-order valence-corrected chi connectivity index (χ0v) is 20.4. The van der Waals surface area contributed by atoms with Crippen LogP contribution in [-0.2, 0) is 14.3 Å². The average molecular weight is 479 g/mol. The number of carbonyl (C=O) groups excluding carboxylic acids is 2. The van der Waals surface area contributed by atoms with Gasteiger partial charge in [-0.2, -0.15) is 0 Å². The largest absolute Gasteiger partial charge is 0.481 e. The maximum Gasteiger partial charge on any atom is 0.407 e. The number of carboxylic acids is 1. The molecule has 1 saturated carbocycles. The number of rotatable bonds is 8. The lowest BCUT2D eigenvalue weighted by molar-refractivity contribution is -0.141. The van der Waals surface area contributed by atoms with E-state index in [-0.39, 0.29) is 49.4 Å². The molecule has 2 unspecified atom stereocenters. The maximum atomic E-state index is 13.1. The van der Waals surface area contributed by atoms with Gasteiger partial charge < -0.3 is 20.1 Å². The van der Waals surface area contributed by atoms with Gasteiger partial charge in [0.1, 0.15) is 6.61 Å². The Kier molecular flexibility index (Phi) is 7.73. The Bertz CT molecular complexity index is 1040. The van der Waals surface area contributed by atoms with Crippen molar-refractivity contribution in [1.82, 2.24) is 10.2 Å². The summed E-state index contributed by atoms with van der Waals surface area (Å²) < 4.78 is 5.68. The molecule has 186 valence electrons. The van der Waals surface area contributed by atoms with Gasteiger partial charge in [0.25, 0.3) is 0 Å². The van der Waals surface area contributed by atoms with Crippen LogP contribution in [0.4, 0.5) is 4.79 Å². The number of benzene rings is 2. The van der Waals surface area contributed by atoms with E-state index in [1.807, 2.05) is 38.1 Å².